The predicted octanol–water partition coefficient (Wildman–Crippen LogP) is 2.20. The average Bonchev–Trinajstić information content (AvgIpc) is 2.66. The van der Waals surface area contributed by atoms with E-state index in [4.69, 9.17) is 5.73 Å². The zero-order valence-corrected chi connectivity index (χ0v) is 9.99. The molecule has 2 nitrogen and oxygen atoms in total. The Bertz CT molecular complexity index is 351. The van der Waals surface area contributed by atoms with Crippen molar-refractivity contribution in [2.75, 3.05) is 19.0 Å². The minimum atomic E-state index is 0.277. The first-order chi connectivity index (χ1) is 6.94. The molecule has 0 aliphatic heterocycles. The molecule has 1 aromatic rings. The molecule has 2 N–H and O–H groups in total. The summed E-state index contributed by atoms with van der Waals surface area (Å²) < 4.78 is 0. The van der Waals surface area contributed by atoms with Gasteiger partial charge < -0.3 is 10.6 Å². The molecule has 0 radical (unpaired) electrons. The third-order valence-electron chi connectivity index (χ3n) is 3.68. The van der Waals surface area contributed by atoms with Crippen molar-refractivity contribution in [3.8, 4) is 0 Å². The minimum absolute atomic E-state index is 0.277. The Balaban J connectivity index is 2.19. The highest BCUT2D eigenvalue weighted by molar-refractivity contribution is 5.48. The van der Waals surface area contributed by atoms with Gasteiger partial charge in [0.25, 0.3) is 0 Å². The number of rotatable bonds is 2. The van der Waals surface area contributed by atoms with Crippen LogP contribution in [-0.4, -0.2) is 20.1 Å². The second-order valence-corrected chi connectivity index (χ2v) is 5.31. The molecule has 1 saturated carbocycles. The molecule has 0 aromatic heterocycles. The fourth-order valence-electron chi connectivity index (χ4n) is 2.29. The SMILES string of the molecule is CN(C)c1ccc(C2C(N)C2(C)C)cc1. The van der Waals surface area contributed by atoms with E-state index in [1.807, 2.05) is 0 Å². The zero-order chi connectivity index (χ0) is 11.2. The first-order valence-corrected chi connectivity index (χ1v) is 5.47. The van der Waals surface area contributed by atoms with E-state index in [-0.39, 0.29) is 5.41 Å². The minimum Gasteiger partial charge on any atom is -0.378 e. The number of nitrogens with two attached hydrogens (primary N) is 1. The van der Waals surface area contributed by atoms with Crippen molar-refractivity contribution in [2.24, 2.45) is 11.1 Å². The van der Waals surface area contributed by atoms with Crippen LogP contribution in [0.5, 0.6) is 0 Å². The highest BCUT2D eigenvalue weighted by atomic mass is 15.1. The van der Waals surface area contributed by atoms with Crippen LogP contribution in [0.2, 0.25) is 0 Å². The van der Waals surface area contributed by atoms with E-state index in [0.717, 1.165) is 0 Å². The van der Waals surface area contributed by atoms with E-state index in [9.17, 15) is 0 Å². The van der Waals surface area contributed by atoms with Crippen LogP contribution >= 0.6 is 0 Å². The molecule has 2 heteroatoms. The Hall–Kier alpha value is -1.02. The molecule has 2 unspecified atom stereocenters. The van der Waals surface area contributed by atoms with Crippen molar-refractivity contribution in [1.29, 1.82) is 0 Å². The van der Waals surface area contributed by atoms with Crippen LogP contribution in [-0.2, 0) is 0 Å². The first kappa shape index (κ1) is 10.5. The van der Waals surface area contributed by atoms with Gasteiger partial charge in [-0.15, -0.1) is 0 Å². The number of nitrogens with zero attached hydrogens (tertiary/aromatic N) is 1. The lowest BCUT2D eigenvalue weighted by molar-refractivity contribution is 0.599. The van der Waals surface area contributed by atoms with Gasteiger partial charge in [0.15, 0.2) is 0 Å². The van der Waals surface area contributed by atoms with Crippen molar-refractivity contribution in [1.82, 2.24) is 0 Å². The second kappa shape index (κ2) is 3.24. The molecule has 1 aromatic carbocycles. The van der Waals surface area contributed by atoms with Gasteiger partial charge in [0.1, 0.15) is 0 Å². The summed E-state index contributed by atoms with van der Waals surface area (Å²) in [6.07, 6.45) is 0. The molecule has 0 saturated heterocycles. The standard InChI is InChI=1S/C13H20N2/c1-13(2)11(12(13)14)9-5-7-10(8-6-9)15(3)4/h5-8,11-12H,14H2,1-4H3. The van der Waals surface area contributed by atoms with E-state index >= 15 is 0 Å². The largest absolute Gasteiger partial charge is 0.378 e. The number of anilines is 1. The van der Waals surface area contributed by atoms with E-state index in [1.165, 1.54) is 11.3 Å². The van der Waals surface area contributed by atoms with Crippen molar-refractivity contribution >= 4 is 5.69 Å². The van der Waals surface area contributed by atoms with Crippen molar-refractivity contribution in [3.63, 3.8) is 0 Å². The maximum atomic E-state index is 6.06. The molecule has 0 bridgehead atoms. The molecule has 82 valence electrons. The molecular formula is C13H20N2. The molecule has 1 aliphatic carbocycles. The van der Waals surface area contributed by atoms with E-state index < -0.39 is 0 Å². The van der Waals surface area contributed by atoms with Crippen LogP contribution in [0, 0.1) is 5.41 Å². The third-order valence-corrected chi connectivity index (χ3v) is 3.68. The van der Waals surface area contributed by atoms with Gasteiger partial charge >= 0.3 is 0 Å². The summed E-state index contributed by atoms with van der Waals surface area (Å²) in [7, 11) is 4.11. The third kappa shape index (κ3) is 1.63. The molecule has 0 amide bonds. The monoisotopic (exact) mass is 204 g/mol. The van der Waals surface area contributed by atoms with Gasteiger partial charge in [-0.1, -0.05) is 26.0 Å². The number of hydrogen-bond acceptors (Lipinski definition) is 2. The van der Waals surface area contributed by atoms with Crippen LogP contribution in [0.4, 0.5) is 5.69 Å². The molecule has 0 spiro atoms. The number of hydrogen-bond donors (Lipinski definition) is 1. The van der Waals surface area contributed by atoms with Crippen molar-refractivity contribution < 1.29 is 0 Å². The van der Waals surface area contributed by atoms with E-state index in [2.05, 4.69) is 57.1 Å². The Kier molecular flexibility index (Phi) is 2.27. The summed E-state index contributed by atoms with van der Waals surface area (Å²) in [4.78, 5) is 2.11. The van der Waals surface area contributed by atoms with Crippen LogP contribution in [0.3, 0.4) is 0 Å². The smallest absolute Gasteiger partial charge is 0.0361 e. The molecule has 1 fully saturated rings. The zero-order valence-electron chi connectivity index (χ0n) is 9.99. The molecule has 2 rings (SSSR count). The summed E-state index contributed by atoms with van der Waals surface area (Å²) in [5.41, 5.74) is 8.96. The molecule has 1 aliphatic rings. The highest BCUT2D eigenvalue weighted by Gasteiger charge is 2.55. The summed E-state index contributed by atoms with van der Waals surface area (Å²) in [6.45, 7) is 4.48. The van der Waals surface area contributed by atoms with Crippen molar-refractivity contribution in [2.45, 2.75) is 25.8 Å². The normalized spacial score (nSPS) is 27.5. The Morgan fingerprint density at radius 1 is 1.13 bits per heavy atom. The van der Waals surface area contributed by atoms with Crippen LogP contribution in [0.15, 0.2) is 24.3 Å². The van der Waals surface area contributed by atoms with Gasteiger partial charge in [0, 0.05) is 31.7 Å². The van der Waals surface area contributed by atoms with Gasteiger partial charge in [0.2, 0.25) is 0 Å². The van der Waals surface area contributed by atoms with Crippen molar-refractivity contribution in [3.05, 3.63) is 29.8 Å². The summed E-state index contributed by atoms with van der Waals surface area (Å²) in [5, 5.41) is 0. The Labute approximate surface area is 92.1 Å². The van der Waals surface area contributed by atoms with Gasteiger partial charge in [-0.2, -0.15) is 0 Å². The van der Waals surface area contributed by atoms with Gasteiger partial charge in [-0.25, -0.2) is 0 Å². The lowest BCUT2D eigenvalue weighted by Crippen LogP contribution is -2.08. The molecule has 15 heavy (non-hydrogen) atoms. The topological polar surface area (TPSA) is 29.3 Å². The van der Waals surface area contributed by atoms with E-state index in [1.54, 1.807) is 0 Å². The maximum absolute atomic E-state index is 6.06. The fraction of sp³-hybridized carbons (Fsp3) is 0.538. The fourth-order valence-corrected chi connectivity index (χ4v) is 2.29. The molecule has 0 heterocycles. The lowest BCUT2D eigenvalue weighted by atomic mass is 10.0. The predicted molar refractivity (Wildman–Crippen MR) is 65.3 cm³/mol. The quantitative estimate of drug-likeness (QED) is 0.800. The van der Waals surface area contributed by atoms with Crippen LogP contribution < -0.4 is 10.6 Å². The van der Waals surface area contributed by atoms with Crippen LogP contribution in [0.25, 0.3) is 0 Å². The summed E-state index contributed by atoms with van der Waals surface area (Å²) >= 11 is 0. The number of benzene rings is 1. The Morgan fingerprint density at radius 3 is 1.93 bits per heavy atom. The van der Waals surface area contributed by atoms with Crippen LogP contribution in [0.1, 0.15) is 25.3 Å². The summed E-state index contributed by atoms with van der Waals surface area (Å²) in [6, 6.07) is 9.05. The van der Waals surface area contributed by atoms with E-state index in [0.29, 0.717) is 12.0 Å². The maximum Gasteiger partial charge on any atom is 0.0361 e. The molecule has 2 atom stereocenters. The summed E-state index contributed by atoms with van der Waals surface area (Å²) in [5.74, 6) is 0.536. The average molecular weight is 204 g/mol. The highest BCUT2D eigenvalue weighted by Crippen LogP contribution is 2.57. The van der Waals surface area contributed by atoms with Gasteiger partial charge in [0.05, 0.1) is 0 Å². The second-order valence-electron chi connectivity index (χ2n) is 5.31. The lowest BCUT2D eigenvalue weighted by Gasteiger charge is -2.12. The molecular weight excluding hydrogens is 184 g/mol. The van der Waals surface area contributed by atoms with Gasteiger partial charge in [-0.05, 0) is 23.1 Å². The Morgan fingerprint density at radius 2 is 1.60 bits per heavy atom. The first-order valence-electron chi connectivity index (χ1n) is 5.47. The van der Waals surface area contributed by atoms with Gasteiger partial charge in [-0.3, -0.25) is 0 Å².